The minimum Gasteiger partial charge on any atom is -0.298 e. The van der Waals surface area contributed by atoms with Crippen molar-refractivity contribution in [3.8, 4) is 0 Å². The van der Waals surface area contributed by atoms with E-state index in [1.807, 2.05) is 6.07 Å². The SMILES string of the molecule is O=C(Nc1nc2c(Cl)c(Cl)ccc2s1)c1cccnc1. The fourth-order valence-corrected chi connectivity index (χ4v) is 2.94. The Morgan fingerprint density at radius 3 is 2.85 bits per heavy atom. The molecule has 7 heteroatoms. The molecule has 0 aliphatic heterocycles. The van der Waals surface area contributed by atoms with Crippen molar-refractivity contribution in [2.24, 2.45) is 0 Å². The minimum atomic E-state index is -0.264. The second-order valence-corrected chi connectivity index (χ2v) is 5.74. The van der Waals surface area contributed by atoms with E-state index in [-0.39, 0.29) is 5.91 Å². The molecule has 0 fully saturated rings. The van der Waals surface area contributed by atoms with Gasteiger partial charge >= 0.3 is 0 Å². The Balaban J connectivity index is 1.92. The van der Waals surface area contributed by atoms with Gasteiger partial charge in [0, 0.05) is 12.4 Å². The third kappa shape index (κ3) is 2.47. The molecule has 0 saturated carbocycles. The number of halogens is 2. The molecule has 0 bridgehead atoms. The average molecular weight is 324 g/mol. The van der Waals surface area contributed by atoms with Gasteiger partial charge in [0.1, 0.15) is 5.52 Å². The number of anilines is 1. The van der Waals surface area contributed by atoms with Crippen LogP contribution in [0, 0.1) is 0 Å². The number of carbonyl (C=O) groups is 1. The van der Waals surface area contributed by atoms with Gasteiger partial charge in [-0.1, -0.05) is 34.5 Å². The Labute approximate surface area is 128 Å². The van der Waals surface area contributed by atoms with Crippen LogP contribution in [-0.4, -0.2) is 15.9 Å². The highest BCUT2D eigenvalue weighted by molar-refractivity contribution is 7.22. The molecule has 3 aromatic rings. The molecule has 100 valence electrons. The summed E-state index contributed by atoms with van der Waals surface area (Å²) in [6.07, 6.45) is 3.10. The predicted octanol–water partition coefficient (Wildman–Crippen LogP) is 4.25. The zero-order chi connectivity index (χ0) is 14.1. The number of aromatic nitrogens is 2. The normalized spacial score (nSPS) is 10.7. The number of hydrogen-bond donors (Lipinski definition) is 1. The van der Waals surface area contributed by atoms with E-state index in [1.54, 1.807) is 24.4 Å². The molecule has 0 unspecified atom stereocenters. The first kappa shape index (κ1) is 13.3. The van der Waals surface area contributed by atoms with Crippen molar-refractivity contribution in [3.05, 3.63) is 52.3 Å². The van der Waals surface area contributed by atoms with Crippen molar-refractivity contribution in [2.45, 2.75) is 0 Å². The van der Waals surface area contributed by atoms with Crippen LogP contribution in [0.25, 0.3) is 10.2 Å². The summed E-state index contributed by atoms with van der Waals surface area (Å²) < 4.78 is 0.862. The molecule has 0 radical (unpaired) electrons. The van der Waals surface area contributed by atoms with Crippen LogP contribution in [-0.2, 0) is 0 Å². The monoisotopic (exact) mass is 323 g/mol. The summed E-state index contributed by atoms with van der Waals surface area (Å²) in [6, 6.07) is 6.90. The van der Waals surface area contributed by atoms with Crippen LogP contribution in [0.15, 0.2) is 36.7 Å². The topological polar surface area (TPSA) is 54.9 Å². The quantitative estimate of drug-likeness (QED) is 0.767. The maximum absolute atomic E-state index is 12.0. The summed E-state index contributed by atoms with van der Waals surface area (Å²) in [5.74, 6) is -0.264. The predicted molar refractivity (Wildman–Crippen MR) is 81.8 cm³/mol. The number of amides is 1. The second-order valence-electron chi connectivity index (χ2n) is 3.92. The molecule has 0 atom stereocenters. The molecule has 20 heavy (non-hydrogen) atoms. The molecule has 0 saturated heterocycles. The van der Waals surface area contributed by atoms with E-state index < -0.39 is 0 Å². The lowest BCUT2D eigenvalue weighted by molar-refractivity contribution is 0.102. The Hall–Kier alpha value is -1.69. The summed E-state index contributed by atoms with van der Waals surface area (Å²) in [5.41, 5.74) is 1.06. The van der Waals surface area contributed by atoms with E-state index in [2.05, 4.69) is 15.3 Å². The van der Waals surface area contributed by atoms with Gasteiger partial charge in [0.25, 0.3) is 5.91 Å². The van der Waals surface area contributed by atoms with Gasteiger partial charge in [-0.05, 0) is 24.3 Å². The Morgan fingerprint density at radius 1 is 1.25 bits per heavy atom. The first-order valence-electron chi connectivity index (χ1n) is 5.61. The number of carbonyl (C=O) groups excluding carboxylic acids is 1. The van der Waals surface area contributed by atoms with Crippen LogP contribution in [0.2, 0.25) is 10.0 Å². The maximum Gasteiger partial charge on any atom is 0.259 e. The van der Waals surface area contributed by atoms with Crippen molar-refractivity contribution in [1.82, 2.24) is 9.97 Å². The lowest BCUT2D eigenvalue weighted by Crippen LogP contribution is -2.11. The van der Waals surface area contributed by atoms with E-state index in [1.165, 1.54) is 17.5 Å². The van der Waals surface area contributed by atoms with Gasteiger partial charge in [0.2, 0.25) is 0 Å². The fourth-order valence-electron chi connectivity index (χ4n) is 1.66. The van der Waals surface area contributed by atoms with Gasteiger partial charge in [0.15, 0.2) is 5.13 Å². The first-order chi connectivity index (χ1) is 9.65. The molecule has 2 aromatic heterocycles. The van der Waals surface area contributed by atoms with Crippen molar-refractivity contribution in [2.75, 3.05) is 5.32 Å². The van der Waals surface area contributed by atoms with Gasteiger partial charge in [-0.25, -0.2) is 4.98 Å². The van der Waals surface area contributed by atoms with E-state index in [0.29, 0.717) is 26.3 Å². The number of rotatable bonds is 2. The molecule has 4 nitrogen and oxygen atoms in total. The third-order valence-corrected chi connectivity index (χ3v) is 4.33. The molecule has 1 amide bonds. The summed E-state index contributed by atoms with van der Waals surface area (Å²) >= 11 is 13.4. The lowest BCUT2D eigenvalue weighted by atomic mass is 10.3. The molecule has 1 aromatic carbocycles. The van der Waals surface area contributed by atoms with Gasteiger partial charge < -0.3 is 0 Å². The molecule has 1 N–H and O–H groups in total. The fraction of sp³-hybridized carbons (Fsp3) is 0. The van der Waals surface area contributed by atoms with Crippen LogP contribution in [0.5, 0.6) is 0 Å². The van der Waals surface area contributed by atoms with Crippen LogP contribution in [0.4, 0.5) is 5.13 Å². The zero-order valence-electron chi connectivity index (χ0n) is 9.93. The van der Waals surface area contributed by atoms with Crippen molar-refractivity contribution >= 4 is 55.8 Å². The average Bonchev–Trinajstić information content (AvgIpc) is 2.87. The number of thiazole rings is 1. The standard InChI is InChI=1S/C13H7Cl2N3OS/c14-8-3-4-9-11(10(8)15)17-13(20-9)18-12(19)7-2-1-5-16-6-7/h1-6H,(H,17,18,19). The van der Waals surface area contributed by atoms with E-state index in [9.17, 15) is 4.79 Å². The third-order valence-electron chi connectivity index (χ3n) is 2.60. The minimum absolute atomic E-state index is 0.264. The first-order valence-corrected chi connectivity index (χ1v) is 7.18. The highest BCUT2D eigenvalue weighted by Crippen LogP contribution is 2.35. The molecular weight excluding hydrogens is 317 g/mol. The molecule has 2 heterocycles. The molecule has 3 rings (SSSR count). The number of fused-ring (bicyclic) bond motifs is 1. The van der Waals surface area contributed by atoms with E-state index in [0.717, 1.165) is 4.70 Å². The van der Waals surface area contributed by atoms with Crippen molar-refractivity contribution in [1.29, 1.82) is 0 Å². The van der Waals surface area contributed by atoms with Gasteiger partial charge in [0.05, 0.1) is 20.3 Å². The molecule has 0 aliphatic rings. The highest BCUT2D eigenvalue weighted by Gasteiger charge is 2.13. The number of hydrogen-bond acceptors (Lipinski definition) is 4. The zero-order valence-corrected chi connectivity index (χ0v) is 12.3. The highest BCUT2D eigenvalue weighted by atomic mass is 35.5. The number of nitrogens with one attached hydrogen (secondary N) is 1. The molecule has 0 spiro atoms. The molecular formula is C13H7Cl2N3OS. The van der Waals surface area contributed by atoms with Crippen molar-refractivity contribution in [3.63, 3.8) is 0 Å². The Kier molecular flexibility index (Phi) is 3.56. The number of benzene rings is 1. The molecule has 0 aliphatic carbocycles. The summed E-state index contributed by atoms with van der Waals surface area (Å²) in [6.45, 7) is 0. The van der Waals surface area contributed by atoms with E-state index >= 15 is 0 Å². The number of nitrogens with zero attached hydrogens (tertiary/aromatic N) is 2. The Bertz CT molecular complexity index is 789. The van der Waals surface area contributed by atoms with Gasteiger partial charge in [-0.2, -0.15) is 0 Å². The van der Waals surface area contributed by atoms with Gasteiger partial charge in [-0.3, -0.25) is 15.1 Å². The summed E-state index contributed by atoms with van der Waals surface area (Å²) in [7, 11) is 0. The largest absolute Gasteiger partial charge is 0.298 e. The second kappa shape index (κ2) is 5.36. The lowest BCUT2D eigenvalue weighted by Gasteiger charge is -1.99. The van der Waals surface area contributed by atoms with Crippen molar-refractivity contribution < 1.29 is 4.79 Å². The Morgan fingerprint density at radius 2 is 2.10 bits per heavy atom. The van der Waals surface area contributed by atoms with E-state index in [4.69, 9.17) is 23.2 Å². The van der Waals surface area contributed by atoms with Crippen LogP contribution >= 0.6 is 34.5 Å². The van der Waals surface area contributed by atoms with Crippen LogP contribution in [0.3, 0.4) is 0 Å². The smallest absolute Gasteiger partial charge is 0.259 e. The van der Waals surface area contributed by atoms with Crippen LogP contribution < -0.4 is 5.32 Å². The summed E-state index contributed by atoms with van der Waals surface area (Å²) in [5, 5.41) is 4.02. The van der Waals surface area contributed by atoms with Crippen LogP contribution in [0.1, 0.15) is 10.4 Å². The number of pyridine rings is 1. The summed E-state index contributed by atoms with van der Waals surface area (Å²) in [4.78, 5) is 20.2. The maximum atomic E-state index is 12.0. The van der Waals surface area contributed by atoms with Gasteiger partial charge in [-0.15, -0.1) is 0 Å².